The number of hydrogen-bond acceptors (Lipinski definition) is 6. The van der Waals surface area contributed by atoms with Crippen LogP contribution in [0.15, 0.2) is 41.9 Å². The van der Waals surface area contributed by atoms with Gasteiger partial charge in [0.2, 0.25) is 5.91 Å². The van der Waals surface area contributed by atoms with Crippen LogP contribution in [0, 0.1) is 23.1 Å². The quantitative estimate of drug-likeness (QED) is 0.276. The van der Waals surface area contributed by atoms with Gasteiger partial charge in [-0.1, -0.05) is 17.9 Å². The van der Waals surface area contributed by atoms with E-state index < -0.39 is 23.3 Å². The molecule has 1 amide bonds. The van der Waals surface area contributed by atoms with Gasteiger partial charge >= 0.3 is 0 Å². The van der Waals surface area contributed by atoms with Gasteiger partial charge in [-0.2, -0.15) is 0 Å². The van der Waals surface area contributed by atoms with Crippen LogP contribution >= 0.6 is 11.3 Å². The van der Waals surface area contributed by atoms with Crippen LogP contribution in [-0.4, -0.2) is 47.7 Å². The molecule has 1 saturated heterocycles. The molecule has 6 nitrogen and oxygen atoms in total. The lowest BCUT2D eigenvalue weighted by atomic mass is 9.73. The van der Waals surface area contributed by atoms with Crippen LogP contribution in [0.5, 0.6) is 5.75 Å². The number of methoxy groups -OCH3 is 1. The zero-order valence-corrected chi connectivity index (χ0v) is 20.2. The summed E-state index contributed by atoms with van der Waals surface area (Å²) in [4.78, 5) is 19.8. The minimum absolute atomic E-state index is 0.0706. The average molecular weight is 500 g/mol. The number of rotatable bonds is 7. The SMILES string of the molecule is COc1ccc2ncc(F)c(C(F)CCC3(C(=O)NO)CCN(CC#Cc4cccs4)CC3)c2c1. The number of nitrogens with one attached hydrogen (secondary N) is 1. The number of halogens is 2. The van der Waals surface area contributed by atoms with Crippen LogP contribution in [0.3, 0.4) is 0 Å². The third kappa shape index (κ3) is 5.61. The van der Waals surface area contributed by atoms with Crippen molar-refractivity contribution in [1.82, 2.24) is 15.4 Å². The summed E-state index contributed by atoms with van der Waals surface area (Å²) in [5.74, 6) is 5.48. The standard InChI is InChI=1S/C26H27F2N3O3S/c1-34-18-6-7-23-20(16-18)24(22(28)17-29-23)21(27)8-9-26(25(32)30-33)10-13-31(14-11-26)12-2-4-19-5-3-15-35-19/h3,5-7,15-17,21,33H,8-14H2,1H3,(H,30,32). The van der Waals surface area contributed by atoms with Gasteiger partial charge < -0.3 is 4.74 Å². The first kappa shape index (κ1) is 25.0. The number of fused-ring (bicyclic) bond motifs is 1. The monoisotopic (exact) mass is 499 g/mol. The second-order valence-electron chi connectivity index (χ2n) is 8.69. The summed E-state index contributed by atoms with van der Waals surface area (Å²) in [6, 6.07) is 8.82. The van der Waals surface area contributed by atoms with E-state index in [0.717, 1.165) is 11.1 Å². The van der Waals surface area contributed by atoms with Crippen molar-refractivity contribution < 1.29 is 23.5 Å². The number of benzene rings is 1. The van der Waals surface area contributed by atoms with Gasteiger partial charge in [0, 0.05) is 24.0 Å². The van der Waals surface area contributed by atoms with Crippen molar-refractivity contribution >= 4 is 28.1 Å². The molecule has 1 fully saturated rings. The number of aromatic nitrogens is 1. The van der Waals surface area contributed by atoms with Gasteiger partial charge in [0.1, 0.15) is 17.7 Å². The third-order valence-corrected chi connectivity index (χ3v) is 7.47. The van der Waals surface area contributed by atoms with E-state index in [-0.39, 0.29) is 18.4 Å². The van der Waals surface area contributed by atoms with Crippen LogP contribution in [0.2, 0.25) is 0 Å². The number of ether oxygens (including phenoxy) is 1. The van der Waals surface area contributed by atoms with Gasteiger partial charge in [-0.25, -0.2) is 14.3 Å². The fraction of sp³-hybridized carbons (Fsp3) is 0.385. The zero-order chi connectivity index (χ0) is 24.8. The van der Waals surface area contributed by atoms with E-state index in [1.54, 1.807) is 35.0 Å². The summed E-state index contributed by atoms with van der Waals surface area (Å²) in [5, 5.41) is 11.7. The molecule has 0 bridgehead atoms. The first-order valence-corrected chi connectivity index (χ1v) is 12.3. The number of amides is 1. The van der Waals surface area contributed by atoms with E-state index in [0.29, 0.717) is 49.1 Å². The summed E-state index contributed by atoms with van der Waals surface area (Å²) in [7, 11) is 1.48. The van der Waals surface area contributed by atoms with Crippen molar-refractivity contribution in [2.75, 3.05) is 26.7 Å². The number of nitrogens with zero attached hydrogens (tertiary/aromatic N) is 2. The maximum atomic E-state index is 15.5. The molecule has 1 aliphatic rings. The Hall–Kier alpha value is -3.06. The Balaban J connectivity index is 1.46. The molecule has 1 aliphatic heterocycles. The lowest BCUT2D eigenvalue weighted by Crippen LogP contribution is -2.48. The molecule has 2 N–H and O–H groups in total. The normalized spacial score (nSPS) is 16.3. The minimum Gasteiger partial charge on any atom is -0.497 e. The van der Waals surface area contributed by atoms with E-state index in [9.17, 15) is 14.4 Å². The molecule has 4 rings (SSSR count). The first-order valence-electron chi connectivity index (χ1n) is 11.4. The number of piperidine rings is 1. The number of likely N-dealkylation sites (tertiary alicyclic amines) is 1. The van der Waals surface area contributed by atoms with Gasteiger partial charge in [-0.15, -0.1) is 11.3 Å². The number of carbonyl (C=O) groups is 1. The van der Waals surface area contributed by atoms with Gasteiger partial charge in [-0.05, 0) is 55.3 Å². The number of thiophene rings is 1. The second kappa shape index (κ2) is 11.1. The van der Waals surface area contributed by atoms with Gasteiger partial charge in [0.25, 0.3) is 0 Å². The minimum atomic E-state index is -1.65. The average Bonchev–Trinajstić information content (AvgIpc) is 3.40. The van der Waals surface area contributed by atoms with E-state index in [1.807, 2.05) is 17.5 Å². The Morgan fingerprint density at radius 1 is 1.37 bits per heavy atom. The van der Waals surface area contributed by atoms with Crippen molar-refractivity contribution in [1.29, 1.82) is 0 Å². The van der Waals surface area contributed by atoms with Crippen molar-refractivity contribution in [2.45, 2.75) is 31.9 Å². The molecular weight excluding hydrogens is 472 g/mol. The highest BCUT2D eigenvalue weighted by molar-refractivity contribution is 7.10. The number of carbonyl (C=O) groups excluding carboxylic acids is 1. The molecule has 3 heterocycles. The Labute approximate surface area is 206 Å². The van der Waals surface area contributed by atoms with Crippen molar-refractivity contribution in [2.24, 2.45) is 5.41 Å². The molecule has 1 unspecified atom stereocenters. The van der Waals surface area contributed by atoms with Crippen molar-refractivity contribution in [3.05, 3.63) is 58.2 Å². The molecule has 2 aromatic heterocycles. The van der Waals surface area contributed by atoms with Crippen LogP contribution in [0.25, 0.3) is 10.9 Å². The van der Waals surface area contributed by atoms with E-state index in [4.69, 9.17) is 4.74 Å². The first-order chi connectivity index (χ1) is 17.0. The summed E-state index contributed by atoms with van der Waals surface area (Å²) < 4.78 is 35.4. The van der Waals surface area contributed by atoms with E-state index >= 15 is 4.39 Å². The second-order valence-corrected chi connectivity index (χ2v) is 9.63. The maximum Gasteiger partial charge on any atom is 0.249 e. The predicted molar refractivity (Wildman–Crippen MR) is 131 cm³/mol. The molecule has 0 aliphatic carbocycles. The van der Waals surface area contributed by atoms with Crippen molar-refractivity contribution in [3.8, 4) is 17.6 Å². The molecular formula is C26H27F2N3O3S. The maximum absolute atomic E-state index is 15.5. The summed E-state index contributed by atoms with van der Waals surface area (Å²) in [6.07, 6.45) is 0.357. The van der Waals surface area contributed by atoms with Crippen LogP contribution < -0.4 is 10.2 Å². The predicted octanol–water partition coefficient (Wildman–Crippen LogP) is 4.87. The molecule has 35 heavy (non-hydrogen) atoms. The molecule has 1 atom stereocenters. The Bertz CT molecular complexity index is 1230. The Morgan fingerprint density at radius 2 is 2.17 bits per heavy atom. The van der Waals surface area contributed by atoms with Gasteiger partial charge in [-0.3, -0.25) is 19.9 Å². The number of pyridine rings is 1. The number of hydroxylamine groups is 1. The van der Waals surface area contributed by atoms with Gasteiger partial charge in [0.15, 0.2) is 0 Å². The lowest BCUT2D eigenvalue weighted by molar-refractivity contribution is -0.143. The van der Waals surface area contributed by atoms with Crippen LogP contribution in [-0.2, 0) is 4.79 Å². The molecule has 3 aromatic rings. The number of hydrogen-bond donors (Lipinski definition) is 2. The molecule has 0 spiro atoms. The molecule has 184 valence electrons. The highest BCUT2D eigenvalue weighted by Crippen LogP contribution is 2.41. The summed E-state index contributed by atoms with van der Waals surface area (Å²) >= 11 is 1.58. The third-order valence-electron chi connectivity index (χ3n) is 6.69. The lowest BCUT2D eigenvalue weighted by Gasteiger charge is -2.39. The Morgan fingerprint density at radius 3 is 2.86 bits per heavy atom. The summed E-state index contributed by atoms with van der Waals surface area (Å²) in [5.41, 5.74) is 1.20. The Kier molecular flexibility index (Phi) is 7.96. The largest absolute Gasteiger partial charge is 0.497 e. The van der Waals surface area contributed by atoms with Crippen LogP contribution in [0.1, 0.15) is 42.3 Å². The van der Waals surface area contributed by atoms with E-state index in [2.05, 4.69) is 21.7 Å². The van der Waals surface area contributed by atoms with Crippen molar-refractivity contribution in [3.63, 3.8) is 0 Å². The fourth-order valence-corrected chi connectivity index (χ4v) is 5.19. The fourth-order valence-electron chi connectivity index (χ4n) is 4.60. The van der Waals surface area contributed by atoms with Crippen LogP contribution in [0.4, 0.5) is 8.78 Å². The van der Waals surface area contributed by atoms with E-state index in [1.165, 1.54) is 7.11 Å². The summed E-state index contributed by atoms with van der Waals surface area (Å²) in [6.45, 7) is 1.75. The molecule has 0 radical (unpaired) electrons. The number of alkyl halides is 1. The zero-order valence-electron chi connectivity index (χ0n) is 19.4. The highest BCUT2D eigenvalue weighted by Gasteiger charge is 2.41. The smallest absolute Gasteiger partial charge is 0.249 e. The molecule has 0 saturated carbocycles. The molecule has 1 aromatic carbocycles. The topological polar surface area (TPSA) is 74.7 Å². The van der Waals surface area contributed by atoms with Gasteiger partial charge in [0.05, 0.1) is 35.7 Å². The molecule has 9 heteroatoms. The highest BCUT2D eigenvalue weighted by atomic mass is 32.1.